The maximum atomic E-state index is 10.5. The molecule has 0 unspecified atom stereocenters. The van der Waals surface area contributed by atoms with Gasteiger partial charge in [-0.1, -0.05) is 0 Å². The number of hydrogen-bond acceptors (Lipinski definition) is 4. The molecular formula is C9H13NO3S. The van der Waals surface area contributed by atoms with Crippen LogP contribution in [0.1, 0.15) is 22.5 Å². The first kappa shape index (κ1) is 11.1. The molecule has 5 heteroatoms. The first-order chi connectivity index (χ1) is 6.74. The SMILES string of the molecule is NCCCSCc1cc(C(=O)O)co1. The fourth-order valence-electron chi connectivity index (χ4n) is 0.927. The smallest absolute Gasteiger partial charge is 0.338 e. The number of aromatic carboxylic acids is 1. The molecule has 0 aliphatic carbocycles. The minimum Gasteiger partial charge on any atom is -0.478 e. The molecule has 14 heavy (non-hydrogen) atoms. The van der Waals surface area contributed by atoms with Crippen LogP contribution in [-0.4, -0.2) is 23.4 Å². The fraction of sp³-hybridized carbons (Fsp3) is 0.444. The second-order valence-electron chi connectivity index (χ2n) is 2.80. The van der Waals surface area contributed by atoms with E-state index in [1.165, 1.54) is 6.26 Å². The highest BCUT2D eigenvalue weighted by atomic mass is 32.2. The van der Waals surface area contributed by atoms with E-state index in [9.17, 15) is 4.79 Å². The van der Waals surface area contributed by atoms with Gasteiger partial charge in [-0.25, -0.2) is 4.79 Å². The van der Waals surface area contributed by atoms with Gasteiger partial charge in [0.15, 0.2) is 0 Å². The van der Waals surface area contributed by atoms with Gasteiger partial charge >= 0.3 is 5.97 Å². The second kappa shape index (κ2) is 5.72. The zero-order chi connectivity index (χ0) is 10.4. The van der Waals surface area contributed by atoms with Crippen molar-refractivity contribution >= 4 is 17.7 Å². The molecule has 0 atom stereocenters. The quantitative estimate of drug-likeness (QED) is 0.704. The molecule has 0 saturated heterocycles. The lowest BCUT2D eigenvalue weighted by molar-refractivity contribution is 0.0696. The van der Waals surface area contributed by atoms with E-state index < -0.39 is 5.97 Å². The van der Waals surface area contributed by atoms with Crippen molar-refractivity contribution in [2.75, 3.05) is 12.3 Å². The van der Waals surface area contributed by atoms with Crippen LogP contribution in [0.3, 0.4) is 0 Å². The molecule has 3 N–H and O–H groups in total. The average Bonchev–Trinajstić information content (AvgIpc) is 2.61. The molecule has 0 aliphatic heterocycles. The van der Waals surface area contributed by atoms with E-state index in [1.54, 1.807) is 17.8 Å². The van der Waals surface area contributed by atoms with E-state index in [1.807, 2.05) is 0 Å². The van der Waals surface area contributed by atoms with Crippen LogP contribution in [0.2, 0.25) is 0 Å². The average molecular weight is 215 g/mol. The third-order valence-corrected chi connectivity index (χ3v) is 2.70. The normalized spacial score (nSPS) is 10.4. The molecule has 0 radical (unpaired) electrons. The summed E-state index contributed by atoms with van der Waals surface area (Å²) in [6.45, 7) is 0.686. The summed E-state index contributed by atoms with van der Waals surface area (Å²) in [7, 11) is 0. The summed E-state index contributed by atoms with van der Waals surface area (Å²) in [5.74, 6) is 1.42. The van der Waals surface area contributed by atoms with Gasteiger partial charge in [0.25, 0.3) is 0 Å². The van der Waals surface area contributed by atoms with E-state index in [2.05, 4.69) is 0 Å². The number of nitrogens with two attached hydrogens (primary N) is 1. The lowest BCUT2D eigenvalue weighted by Gasteiger charge is -1.95. The van der Waals surface area contributed by atoms with Gasteiger partial charge in [0, 0.05) is 0 Å². The summed E-state index contributed by atoms with van der Waals surface area (Å²) < 4.78 is 5.07. The van der Waals surface area contributed by atoms with Gasteiger partial charge in [0.2, 0.25) is 0 Å². The minimum atomic E-state index is -0.952. The number of thioether (sulfide) groups is 1. The number of carbonyl (C=O) groups is 1. The Hall–Kier alpha value is -0.940. The van der Waals surface area contributed by atoms with E-state index >= 15 is 0 Å². The summed E-state index contributed by atoms with van der Waals surface area (Å²) in [4.78, 5) is 10.5. The standard InChI is InChI=1S/C9H13NO3S/c10-2-1-3-14-6-8-4-7(5-13-8)9(11)12/h4-5H,1-3,6,10H2,(H,11,12). The van der Waals surface area contributed by atoms with Crippen LogP contribution >= 0.6 is 11.8 Å². The third kappa shape index (κ3) is 3.43. The van der Waals surface area contributed by atoms with Crippen LogP contribution in [-0.2, 0) is 5.75 Å². The van der Waals surface area contributed by atoms with Crippen molar-refractivity contribution < 1.29 is 14.3 Å². The van der Waals surface area contributed by atoms with Gasteiger partial charge in [0.05, 0.1) is 11.3 Å². The zero-order valence-electron chi connectivity index (χ0n) is 7.73. The highest BCUT2D eigenvalue weighted by Crippen LogP contribution is 2.15. The van der Waals surface area contributed by atoms with Gasteiger partial charge in [-0.15, -0.1) is 0 Å². The second-order valence-corrected chi connectivity index (χ2v) is 3.91. The van der Waals surface area contributed by atoms with Crippen molar-refractivity contribution in [3.8, 4) is 0 Å². The Morgan fingerprint density at radius 3 is 3.00 bits per heavy atom. The van der Waals surface area contributed by atoms with Crippen molar-refractivity contribution in [3.63, 3.8) is 0 Å². The van der Waals surface area contributed by atoms with Gasteiger partial charge < -0.3 is 15.3 Å². The molecule has 0 aliphatic rings. The summed E-state index contributed by atoms with van der Waals surface area (Å²) in [6, 6.07) is 1.55. The van der Waals surface area contributed by atoms with Crippen LogP contribution in [0.5, 0.6) is 0 Å². The van der Waals surface area contributed by atoms with Gasteiger partial charge in [-0.3, -0.25) is 0 Å². The monoisotopic (exact) mass is 215 g/mol. The Kier molecular flexibility index (Phi) is 4.55. The van der Waals surface area contributed by atoms with Crippen molar-refractivity contribution in [1.29, 1.82) is 0 Å². The lowest BCUT2D eigenvalue weighted by atomic mass is 10.3. The predicted octanol–water partition coefficient (Wildman–Crippen LogP) is 1.56. The summed E-state index contributed by atoms with van der Waals surface area (Å²) in [5, 5.41) is 8.62. The van der Waals surface area contributed by atoms with Crippen LogP contribution in [0.15, 0.2) is 16.7 Å². The Labute approximate surface area is 86.5 Å². The third-order valence-electron chi connectivity index (χ3n) is 1.64. The highest BCUT2D eigenvalue weighted by Gasteiger charge is 2.07. The van der Waals surface area contributed by atoms with E-state index in [0.717, 1.165) is 12.2 Å². The zero-order valence-corrected chi connectivity index (χ0v) is 8.55. The first-order valence-electron chi connectivity index (χ1n) is 4.32. The van der Waals surface area contributed by atoms with Crippen molar-refractivity contribution in [3.05, 3.63) is 23.7 Å². The summed E-state index contributed by atoms with van der Waals surface area (Å²) in [6.07, 6.45) is 2.23. The van der Waals surface area contributed by atoms with Crippen LogP contribution in [0.4, 0.5) is 0 Å². The topological polar surface area (TPSA) is 76.5 Å². The number of carboxylic acid groups (broad SMARTS) is 1. The molecule has 1 heterocycles. The molecule has 0 spiro atoms. The Morgan fingerprint density at radius 2 is 2.43 bits per heavy atom. The largest absolute Gasteiger partial charge is 0.478 e. The Morgan fingerprint density at radius 1 is 1.64 bits per heavy atom. The van der Waals surface area contributed by atoms with Gasteiger partial charge in [-0.05, 0) is 24.8 Å². The molecule has 0 bridgehead atoms. The molecule has 4 nitrogen and oxygen atoms in total. The van der Waals surface area contributed by atoms with Crippen molar-refractivity contribution in [2.45, 2.75) is 12.2 Å². The van der Waals surface area contributed by atoms with Crippen LogP contribution < -0.4 is 5.73 Å². The van der Waals surface area contributed by atoms with Gasteiger partial charge in [0.1, 0.15) is 12.0 Å². The number of rotatable bonds is 6. The molecular weight excluding hydrogens is 202 g/mol. The Bertz CT molecular complexity index is 298. The molecule has 0 aromatic carbocycles. The molecule has 1 rings (SSSR count). The first-order valence-corrected chi connectivity index (χ1v) is 5.48. The molecule has 0 saturated carbocycles. The fourth-order valence-corrected chi connectivity index (χ4v) is 1.79. The summed E-state index contributed by atoms with van der Waals surface area (Å²) >= 11 is 1.69. The summed E-state index contributed by atoms with van der Waals surface area (Å²) in [5.41, 5.74) is 5.55. The minimum absolute atomic E-state index is 0.208. The van der Waals surface area contributed by atoms with E-state index in [0.29, 0.717) is 18.1 Å². The number of furan rings is 1. The maximum absolute atomic E-state index is 10.5. The molecule has 0 fully saturated rings. The highest BCUT2D eigenvalue weighted by molar-refractivity contribution is 7.98. The Balaban J connectivity index is 2.33. The van der Waals surface area contributed by atoms with Gasteiger partial charge in [-0.2, -0.15) is 11.8 Å². The molecule has 1 aromatic rings. The molecule has 1 aromatic heterocycles. The van der Waals surface area contributed by atoms with Crippen molar-refractivity contribution in [2.24, 2.45) is 5.73 Å². The predicted molar refractivity (Wildman–Crippen MR) is 55.5 cm³/mol. The van der Waals surface area contributed by atoms with Crippen LogP contribution in [0.25, 0.3) is 0 Å². The lowest BCUT2D eigenvalue weighted by Crippen LogP contribution is -1.99. The number of carboxylic acids is 1. The van der Waals surface area contributed by atoms with E-state index in [-0.39, 0.29) is 5.56 Å². The van der Waals surface area contributed by atoms with Crippen molar-refractivity contribution in [1.82, 2.24) is 0 Å². The molecule has 0 amide bonds. The van der Waals surface area contributed by atoms with E-state index in [4.69, 9.17) is 15.3 Å². The maximum Gasteiger partial charge on any atom is 0.338 e. The van der Waals surface area contributed by atoms with Crippen LogP contribution in [0, 0.1) is 0 Å². The number of hydrogen-bond donors (Lipinski definition) is 2. The molecule has 78 valence electrons.